The fourth-order valence-corrected chi connectivity index (χ4v) is 6.45. The van der Waals surface area contributed by atoms with E-state index in [1.54, 1.807) is 72.8 Å². The van der Waals surface area contributed by atoms with Crippen LogP contribution in [0.15, 0.2) is 82.3 Å². The second-order valence-corrected chi connectivity index (χ2v) is 12.1. The zero-order chi connectivity index (χ0) is 27.6. The maximum Gasteiger partial charge on any atom is 0.321 e. The molecule has 0 unspecified atom stereocenters. The molecule has 1 aromatic heterocycles. The van der Waals surface area contributed by atoms with Crippen molar-refractivity contribution in [1.29, 1.82) is 0 Å². The molecule has 1 aliphatic rings. The number of anilines is 3. The number of methoxy groups -OCH3 is 1. The summed E-state index contributed by atoms with van der Waals surface area (Å²) in [5, 5.41) is 7.67. The van der Waals surface area contributed by atoms with Crippen molar-refractivity contribution in [3.05, 3.63) is 82.4 Å². The average Bonchev–Trinajstić information content (AvgIpc) is 2.93. The van der Waals surface area contributed by atoms with E-state index in [4.69, 9.17) is 16.3 Å². The zero-order valence-corrected chi connectivity index (χ0v) is 24.1. The minimum Gasteiger partial charge on any atom is -0.496 e. The Morgan fingerprint density at radius 2 is 1.69 bits per heavy atom. The summed E-state index contributed by atoms with van der Waals surface area (Å²) in [6.45, 7) is 0.962. The van der Waals surface area contributed by atoms with Gasteiger partial charge in [-0.25, -0.2) is 13.2 Å². The molecule has 4 aromatic rings. The molecule has 2 amide bonds. The van der Waals surface area contributed by atoms with Crippen LogP contribution in [0, 0.1) is 0 Å². The molecule has 2 N–H and O–H groups in total. The number of benzene rings is 3. The summed E-state index contributed by atoms with van der Waals surface area (Å²) in [6, 6.07) is 18.9. The van der Waals surface area contributed by atoms with Gasteiger partial charge in [0.2, 0.25) is 10.0 Å². The number of nitrogens with one attached hydrogen (secondary N) is 2. The van der Waals surface area contributed by atoms with Gasteiger partial charge in [0, 0.05) is 59.8 Å². The smallest absolute Gasteiger partial charge is 0.321 e. The molecule has 1 aliphatic heterocycles. The van der Waals surface area contributed by atoms with E-state index in [0.717, 1.165) is 26.8 Å². The monoisotopic (exact) mass is 629 g/mol. The van der Waals surface area contributed by atoms with Crippen LogP contribution in [0.4, 0.5) is 21.9 Å². The molecule has 0 aliphatic carbocycles. The van der Waals surface area contributed by atoms with E-state index in [-0.39, 0.29) is 37.1 Å². The maximum absolute atomic E-state index is 13.3. The molecule has 12 heteroatoms. The van der Waals surface area contributed by atoms with Gasteiger partial charge < -0.3 is 20.3 Å². The molecule has 2 heterocycles. The zero-order valence-electron chi connectivity index (χ0n) is 20.9. The van der Waals surface area contributed by atoms with E-state index in [1.165, 1.54) is 4.31 Å². The van der Waals surface area contributed by atoms with Crippen molar-refractivity contribution < 1.29 is 17.9 Å². The summed E-state index contributed by atoms with van der Waals surface area (Å²) in [5.41, 5.74) is 2.95. The van der Waals surface area contributed by atoms with Gasteiger partial charge in [0.25, 0.3) is 0 Å². The first-order chi connectivity index (χ1) is 18.7. The van der Waals surface area contributed by atoms with Crippen molar-refractivity contribution in [3.8, 4) is 5.75 Å². The first kappa shape index (κ1) is 27.2. The predicted molar refractivity (Wildman–Crippen MR) is 157 cm³/mol. The maximum atomic E-state index is 13.3. The second kappa shape index (κ2) is 11.4. The number of carbonyl (C=O) groups excluding carboxylic acids is 1. The molecular formula is C27H25BrClN5O4S. The molecule has 0 saturated carbocycles. The number of hydrogen-bond acceptors (Lipinski definition) is 6. The van der Waals surface area contributed by atoms with Gasteiger partial charge in [-0.15, -0.1) is 0 Å². The number of halogens is 2. The highest BCUT2D eigenvalue weighted by molar-refractivity contribution is 9.10. The number of aromatic nitrogens is 1. The third-order valence-corrected chi connectivity index (χ3v) is 9.17. The number of ether oxygens (including phenoxy) is 1. The van der Waals surface area contributed by atoms with Gasteiger partial charge in [0.15, 0.2) is 0 Å². The predicted octanol–water partition coefficient (Wildman–Crippen LogP) is 5.94. The Hall–Kier alpha value is -3.38. The Morgan fingerprint density at radius 3 is 2.38 bits per heavy atom. The Labute approximate surface area is 239 Å². The minimum atomic E-state index is -3.71. The van der Waals surface area contributed by atoms with Crippen LogP contribution in [0.5, 0.6) is 5.75 Å². The summed E-state index contributed by atoms with van der Waals surface area (Å²) < 4.78 is 33.9. The quantitative estimate of drug-likeness (QED) is 0.273. The van der Waals surface area contributed by atoms with Crippen molar-refractivity contribution in [2.45, 2.75) is 4.90 Å². The molecule has 5 rings (SSSR count). The Kier molecular flexibility index (Phi) is 7.94. The summed E-state index contributed by atoms with van der Waals surface area (Å²) in [4.78, 5) is 18.9. The Bertz CT molecular complexity index is 1630. The summed E-state index contributed by atoms with van der Waals surface area (Å²) in [6.07, 6.45) is 1.69. The van der Waals surface area contributed by atoms with Crippen molar-refractivity contribution in [2.75, 3.05) is 43.9 Å². The highest BCUT2D eigenvalue weighted by atomic mass is 79.9. The third-order valence-electron chi connectivity index (χ3n) is 6.40. The molecule has 1 saturated heterocycles. The van der Waals surface area contributed by atoms with E-state index in [9.17, 15) is 13.2 Å². The van der Waals surface area contributed by atoms with Gasteiger partial charge in [-0.05, 0) is 82.7 Å². The highest BCUT2D eigenvalue weighted by Gasteiger charge is 2.30. The van der Waals surface area contributed by atoms with Crippen LogP contribution >= 0.6 is 27.5 Å². The van der Waals surface area contributed by atoms with E-state index in [0.29, 0.717) is 16.5 Å². The lowest BCUT2D eigenvalue weighted by Crippen LogP contribution is -2.51. The molecule has 0 bridgehead atoms. The number of urea groups is 1. The van der Waals surface area contributed by atoms with Crippen molar-refractivity contribution in [2.24, 2.45) is 0 Å². The number of fused-ring (bicyclic) bond motifs is 1. The van der Waals surface area contributed by atoms with Crippen molar-refractivity contribution in [3.63, 3.8) is 0 Å². The van der Waals surface area contributed by atoms with E-state index >= 15 is 0 Å². The Balaban J connectivity index is 1.21. The van der Waals surface area contributed by atoms with Gasteiger partial charge in [-0.2, -0.15) is 4.31 Å². The van der Waals surface area contributed by atoms with E-state index in [1.807, 2.05) is 12.1 Å². The fraction of sp³-hybridized carbons (Fsp3) is 0.185. The van der Waals surface area contributed by atoms with Crippen LogP contribution in [0.2, 0.25) is 5.02 Å². The second-order valence-electron chi connectivity index (χ2n) is 8.84. The number of amides is 2. The number of nitrogens with zero attached hydrogens (tertiary/aromatic N) is 3. The molecule has 0 atom stereocenters. The molecule has 202 valence electrons. The van der Waals surface area contributed by atoms with Crippen LogP contribution in [0.3, 0.4) is 0 Å². The number of pyridine rings is 1. The molecule has 0 radical (unpaired) electrons. The van der Waals surface area contributed by atoms with Gasteiger partial charge >= 0.3 is 6.03 Å². The minimum absolute atomic E-state index is 0.195. The normalized spacial score (nSPS) is 14.3. The van der Waals surface area contributed by atoms with Crippen LogP contribution in [0.1, 0.15) is 0 Å². The van der Waals surface area contributed by atoms with Gasteiger partial charge in [0.1, 0.15) is 5.75 Å². The first-order valence-corrected chi connectivity index (χ1v) is 14.7. The van der Waals surface area contributed by atoms with Gasteiger partial charge in [-0.3, -0.25) is 4.98 Å². The SMILES string of the molecule is COc1ccc(NC(=O)N2CCN(S(=O)(=O)c3ccc(Nc4ccnc5cc(Cl)ccc45)cc3)CC2)cc1Br. The number of carbonyl (C=O) groups is 1. The largest absolute Gasteiger partial charge is 0.496 e. The summed E-state index contributed by atoms with van der Waals surface area (Å²) in [5.74, 6) is 0.659. The molecule has 0 spiro atoms. The van der Waals surface area contributed by atoms with E-state index < -0.39 is 10.0 Å². The van der Waals surface area contributed by atoms with Crippen LogP contribution < -0.4 is 15.4 Å². The van der Waals surface area contributed by atoms with Crippen LogP contribution in [-0.4, -0.2) is 61.9 Å². The average molecular weight is 631 g/mol. The first-order valence-electron chi connectivity index (χ1n) is 12.1. The van der Waals surface area contributed by atoms with Crippen LogP contribution in [0.25, 0.3) is 10.9 Å². The molecule has 1 fully saturated rings. The fourth-order valence-electron chi connectivity index (χ4n) is 4.32. The number of piperazine rings is 1. The summed E-state index contributed by atoms with van der Waals surface area (Å²) in [7, 11) is -2.14. The molecule has 9 nitrogen and oxygen atoms in total. The Morgan fingerprint density at radius 1 is 0.974 bits per heavy atom. The van der Waals surface area contributed by atoms with Gasteiger partial charge in [0.05, 0.1) is 22.0 Å². The van der Waals surface area contributed by atoms with Crippen molar-refractivity contribution >= 4 is 71.6 Å². The van der Waals surface area contributed by atoms with Crippen LogP contribution in [-0.2, 0) is 10.0 Å². The standard InChI is InChI=1S/C27H25BrClN5O4S/c1-38-26-9-5-20(17-23(26)28)32-27(35)33-12-14-34(15-13-33)39(36,37)21-6-3-19(4-7-21)31-24-10-11-30-25-16-18(29)2-8-22(24)25/h2-11,16-17H,12-15H2,1H3,(H,30,31)(H,32,35). The van der Waals surface area contributed by atoms with Crippen molar-refractivity contribution in [1.82, 2.24) is 14.2 Å². The lowest BCUT2D eigenvalue weighted by atomic mass is 10.2. The van der Waals surface area contributed by atoms with E-state index in [2.05, 4.69) is 31.5 Å². The molecule has 39 heavy (non-hydrogen) atoms. The number of sulfonamides is 1. The number of hydrogen-bond donors (Lipinski definition) is 2. The topological polar surface area (TPSA) is 104 Å². The molecule has 3 aromatic carbocycles. The third kappa shape index (κ3) is 5.96. The lowest BCUT2D eigenvalue weighted by Gasteiger charge is -2.34. The lowest BCUT2D eigenvalue weighted by molar-refractivity contribution is 0.184. The molecular weight excluding hydrogens is 606 g/mol. The summed E-state index contributed by atoms with van der Waals surface area (Å²) >= 11 is 9.48. The van der Waals surface area contributed by atoms with Gasteiger partial charge in [-0.1, -0.05) is 11.6 Å². The highest BCUT2D eigenvalue weighted by Crippen LogP contribution is 2.29. The number of rotatable bonds is 6.